The summed E-state index contributed by atoms with van der Waals surface area (Å²) < 4.78 is 30.8. The van der Waals surface area contributed by atoms with Gasteiger partial charge in [-0.1, -0.05) is 19.1 Å². The number of likely N-dealkylation sites (tertiary alicyclic amines) is 1. The van der Waals surface area contributed by atoms with Gasteiger partial charge in [0.1, 0.15) is 6.61 Å². The van der Waals surface area contributed by atoms with Crippen molar-refractivity contribution in [2.75, 3.05) is 43.8 Å². The fourth-order valence-electron chi connectivity index (χ4n) is 4.61. The molecule has 3 N–H and O–H groups in total. The molecule has 1 aliphatic heterocycles. The van der Waals surface area contributed by atoms with E-state index in [2.05, 4.69) is 22.6 Å². The monoisotopic (exact) mass is 381 g/mol. The van der Waals surface area contributed by atoms with Gasteiger partial charge in [-0.25, -0.2) is 8.42 Å². The van der Waals surface area contributed by atoms with Crippen LogP contribution in [0.1, 0.15) is 18.9 Å². The van der Waals surface area contributed by atoms with Crippen LogP contribution < -0.4 is 10.5 Å². The number of hydrogen-bond donors (Lipinski definition) is 2. The van der Waals surface area contributed by atoms with E-state index in [0.717, 1.165) is 26.1 Å². The third kappa shape index (κ3) is 3.87. The van der Waals surface area contributed by atoms with Crippen molar-refractivity contribution >= 4 is 21.6 Å². The van der Waals surface area contributed by atoms with E-state index in [0.29, 0.717) is 24.1 Å². The molecule has 0 bridgehead atoms. The average molecular weight is 381 g/mol. The highest BCUT2D eigenvalue weighted by atomic mass is 32.2. The third-order valence-electron chi connectivity index (χ3n) is 5.69. The van der Waals surface area contributed by atoms with Crippen LogP contribution in [-0.4, -0.2) is 58.3 Å². The Morgan fingerprint density at radius 3 is 2.65 bits per heavy atom. The number of nitrogens with two attached hydrogens (primary N) is 1. The molecule has 3 rings (SSSR count). The van der Waals surface area contributed by atoms with Crippen LogP contribution in [0.15, 0.2) is 24.3 Å². The Balaban J connectivity index is 1.62. The molecule has 0 aromatic heterocycles. The standard InChI is InChI=1S/C18H27N3O4S/c1-3-18(13-5-4-6-14(9-13)20-26(2,23)24)15-10-21(11-16(15)18)7-8-25-12-17(19)22/h4-6,9,15-16,20H,3,7-8,10-12H2,1-2H3,(H2,19,22). The van der Waals surface area contributed by atoms with Gasteiger partial charge in [0.15, 0.2) is 0 Å². The number of sulfonamides is 1. The Bertz CT molecular complexity index is 768. The van der Waals surface area contributed by atoms with Crippen LogP contribution in [0.5, 0.6) is 0 Å². The number of amides is 1. The van der Waals surface area contributed by atoms with Crippen molar-refractivity contribution in [1.29, 1.82) is 0 Å². The van der Waals surface area contributed by atoms with Crippen molar-refractivity contribution in [3.63, 3.8) is 0 Å². The molecule has 0 radical (unpaired) electrons. The molecule has 2 aliphatic rings. The van der Waals surface area contributed by atoms with E-state index < -0.39 is 15.9 Å². The molecule has 1 aromatic rings. The molecule has 0 spiro atoms. The zero-order valence-corrected chi connectivity index (χ0v) is 16.1. The predicted molar refractivity (Wildman–Crippen MR) is 100 cm³/mol. The summed E-state index contributed by atoms with van der Waals surface area (Å²) in [5, 5.41) is 0. The molecule has 26 heavy (non-hydrogen) atoms. The number of carbonyl (C=O) groups is 1. The first-order valence-corrected chi connectivity index (χ1v) is 10.8. The van der Waals surface area contributed by atoms with Crippen LogP contribution in [0.2, 0.25) is 0 Å². The van der Waals surface area contributed by atoms with Gasteiger partial charge in [0.2, 0.25) is 15.9 Å². The topological polar surface area (TPSA) is 102 Å². The van der Waals surface area contributed by atoms with E-state index in [1.54, 1.807) is 6.07 Å². The number of carbonyl (C=O) groups excluding carboxylic acids is 1. The second-order valence-corrected chi connectivity index (χ2v) is 9.09. The summed E-state index contributed by atoms with van der Waals surface area (Å²) in [7, 11) is -3.28. The number of primary amides is 1. The average Bonchev–Trinajstić information content (AvgIpc) is 2.93. The maximum atomic E-state index is 11.5. The molecule has 2 atom stereocenters. The van der Waals surface area contributed by atoms with Crippen LogP contribution in [0.25, 0.3) is 0 Å². The van der Waals surface area contributed by atoms with Gasteiger partial charge < -0.3 is 15.4 Å². The largest absolute Gasteiger partial charge is 0.370 e. The normalized spacial score (nSPS) is 27.9. The van der Waals surface area contributed by atoms with Gasteiger partial charge in [0.25, 0.3) is 0 Å². The summed E-state index contributed by atoms with van der Waals surface area (Å²) in [4.78, 5) is 13.1. The third-order valence-corrected chi connectivity index (χ3v) is 6.30. The number of fused-ring (bicyclic) bond motifs is 1. The van der Waals surface area contributed by atoms with E-state index in [-0.39, 0.29) is 12.0 Å². The lowest BCUT2D eigenvalue weighted by Crippen LogP contribution is -2.33. The van der Waals surface area contributed by atoms with E-state index in [9.17, 15) is 13.2 Å². The van der Waals surface area contributed by atoms with Crippen LogP contribution >= 0.6 is 0 Å². The molecule has 7 nitrogen and oxygen atoms in total. The zero-order valence-electron chi connectivity index (χ0n) is 15.3. The molecule has 1 heterocycles. The number of rotatable bonds is 9. The first-order chi connectivity index (χ1) is 12.3. The van der Waals surface area contributed by atoms with Gasteiger partial charge in [-0.15, -0.1) is 0 Å². The molecule has 2 fully saturated rings. The molecular weight excluding hydrogens is 354 g/mol. The molecular formula is C18H27N3O4S. The highest BCUT2D eigenvalue weighted by molar-refractivity contribution is 7.92. The molecule has 8 heteroatoms. The molecule has 1 saturated heterocycles. The first-order valence-electron chi connectivity index (χ1n) is 8.93. The summed E-state index contributed by atoms with van der Waals surface area (Å²) in [5.41, 5.74) is 7.04. The molecule has 1 saturated carbocycles. The van der Waals surface area contributed by atoms with Gasteiger partial charge in [0, 0.05) is 30.7 Å². The summed E-state index contributed by atoms with van der Waals surface area (Å²) >= 11 is 0. The number of anilines is 1. The SMILES string of the molecule is CCC1(c2cccc(NS(C)(=O)=O)c2)C2CN(CCOCC(N)=O)CC21. The van der Waals surface area contributed by atoms with Crippen LogP contribution in [0, 0.1) is 11.8 Å². The van der Waals surface area contributed by atoms with Gasteiger partial charge in [0.05, 0.1) is 12.9 Å². The van der Waals surface area contributed by atoms with Gasteiger partial charge in [-0.2, -0.15) is 0 Å². The maximum absolute atomic E-state index is 11.5. The number of nitrogens with zero attached hydrogens (tertiary/aromatic N) is 1. The smallest absolute Gasteiger partial charge is 0.243 e. The number of piperidine rings is 1. The lowest BCUT2D eigenvalue weighted by molar-refractivity contribution is -0.122. The van der Waals surface area contributed by atoms with Crippen molar-refractivity contribution < 1.29 is 17.9 Å². The van der Waals surface area contributed by atoms with Crippen molar-refractivity contribution in [2.24, 2.45) is 17.6 Å². The number of nitrogens with one attached hydrogen (secondary N) is 1. The molecule has 1 aliphatic carbocycles. The first kappa shape index (κ1) is 19.1. The predicted octanol–water partition coefficient (Wildman–Crippen LogP) is 0.769. The van der Waals surface area contributed by atoms with Crippen LogP contribution in [-0.2, 0) is 25.0 Å². The summed E-state index contributed by atoms with van der Waals surface area (Å²) in [5.74, 6) is 0.719. The molecule has 2 unspecified atom stereocenters. The zero-order chi connectivity index (χ0) is 18.9. The number of benzene rings is 1. The minimum Gasteiger partial charge on any atom is -0.370 e. The summed E-state index contributed by atoms with van der Waals surface area (Å²) in [6, 6.07) is 7.79. The highest BCUT2D eigenvalue weighted by Gasteiger charge is 2.67. The highest BCUT2D eigenvalue weighted by Crippen LogP contribution is 2.65. The Kier molecular flexibility index (Phi) is 5.28. The fraction of sp³-hybridized carbons (Fsp3) is 0.611. The summed E-state index contributed by atoms with van der Waals surface area (Å²) in [6.45, 7) is 5.49. The van der Waals surface area contributed by atoms with Gasteiger partial charge in [-0.3, -0.25) is 9.52 Å². The number of ether oxygens (including phenoxy) is 1. The van der Waals surface area contributed by atoms with Crippen molar-refractivity contribution in [3.8, 4) is 0 Å². The molecule has 144 valence electrons. The molecule has 1 aromatic carbocycles. The van der Waals surface area contributed by atoms with Crippen molar-refractivity contribution in [3.05, 3.63) is 29.8 Å². The van der Waals surface area contributed by atoms with Crippen LogP contribution in [0.4, 0.5) is 5.69 Å². The number of hydrogen-bond acceptors (Lipinski definition) is 5. The lowest BCUT2D eigenvalue weighted by Gasteiger charge is -2.26. The quantitative estimate of drug-likeness (QED) is 0.615. The van der Waals surface area contributed by atoms with Gasteiger partial charge in [-0.05, 0) is 36.0 Å². The second kappa shape index (κ2) is 7.17. The summed E-state index contributed by atoms with van der Waals surface area (Å²) in [6.07, 6.45) is 2.20. The van der Waals surface area contributed by atoms with E-state index in [1.165, 1.54) is 11.8 Å². The minimum absolute atomic E-state index is 0.0281. The van der Waals surface area contributed by atoms with Crippen molar-refractivity contribution in [1.82, 2.24) is 4.90 Å². The Hall–Kier alpha value is -1.64. The van der Waals surface area contributed by atoms with Gasteiger partial charge >= 0.3 is 0 Å². The molecule has 1 amide bonds. The van der Waals surface area contributed by atoms with Crippen molar-refractivity contribution in [2.45, 2.75) is 18.8 Å². The fourth-order valence-corrected chi connectivity index (χ4v) is 5.16. The lowest BCUT2D eigenvalue weighted by atomic mass is 9.87. The van der Waals surface area contributed by atoms with E-state index in [4.69, 9.17) is 10.5 Å². The van der Waals surface area contributed by atoms with E-state index in [1.807, 2.05) is 12.1 Å². The Morgan fingerprint density at radius 1 is 1.38 bits per heavy atom. The van der Waals surface area contributed by atoms with E-state index >= 15 is 0 Å². The minimum atomic E-state index is -3.28. The second-order valence-electron chi connectivity index (χ2n) is 7.34. The maximum Gasteiger partial charge on any atom is 0.243 e. The Morgan fingerprint density at radius 2 is 2.08 bits per heavy atom. The Labute approximate surface area is 154 Å². The van der Waals surface area contributed by atoms with Crippen LogP contribution in [0.3, 0.4) is 0 Å².